The molecule has 12 heavy (non-hydrogen) atoms. The molecule has 1 rings (SSSR count). The van der Waals surface area contributed by atoms with Gasteiger partial charge in [0.2, 0.25) is 0 Å². The Balaban J connectivity index is 3.27. The Morgan fingerprint density at radius 2 is 2.17 bits per heavy atom. The average Bonchev–Trinajstić information content (AvgIpc) is 2.00. The number of aromatic nitrogens is 1. The summed E-state index contributed by atoms with van der Waals surface area (Å²) in [6.45, 7) is 1.37. The summed E-state index contributed by atoms with van der Waals surface area (Å²) in [5.41, 5.74) is 4.97. The molecule has 3 nitrogen and oxygen atoms in total. The van der Waals surface area contributed by atoms with E-state index in [1.165, 1.54) is 6.92 Å². The molecule has 0 atom stereocenters. The number of pyridine rings is 1. The van der Waals surface area contributed by atoms with E-state index >= 15 is 0 Å². The molecule has 0 fully saturated rings. The monoisotopic (exact) mass is 174 g/mol. The third-order valence-electron chi connectivity index (χ3n) is 1.61. The lowest BCUT2D eigenvalue weighted by Crippen LogP contribution is -1.97. The van der Waals surface area contributed by atoms with Gasteiger partial charge < -0.3 is 10.8 Å². The highest BCUT2D eigenvalue weighted by Gasteiger charge is 2.15. The zero-order valence-corrected chi connectivity index (χ0v) is 6.38. The minimum atomic E-state index is -2.64. The molecule has 1 heterocycles. The Hall–Kier alpha value is -1.39. The van der Waals surface area contributed by atoms with Crippen LogP contribution in [0.4, 0.5) is 14.6 Å². The van der Waals surface area contributed by atoms with Crippen molar-refractivity contribution in [3.05, 3.63) is 17.3 Å². The van der Waals surface area contributed by atoms with E-state index in [1.807, 2.05) is 0 Å². The predicted octanol–water partition coefficient (Wildman–Crippen LogP) is 1.62. The van der Waals surface area contributed by atoms with Crippen LogP contribution in [0.25, 0.3) is 0 Å². The second-order valence-corrected chi connectivity index (χ2v) is 2.37. The fourth-order valence-electron chi connectivity index (χ4n) is 0.846. The molecular formula is C7H8F2N2O. The van der Waals surface area contributed by atoms with E-state index in [0.29, 0.717) is 0 Å². The molecule has 0 spiro atoms. The number of nitrogen functional groups attached to an aromatic ring is 1. The maximum absolute atomic E-state index is 12.1. The third-order valence-corrected chi connectivity index (χ3v) is 1.61. The fourth-order valence-corrected chi connectivity index (χ4v) is 0.846. The number of halogens is 2. The van der Waals surface area contributed by atoms with E-state index in [-0.39, 0.29) is 22.7 Å². The molecule has 1 aromatic heterocycles. The number of nitrogens with zero attached hydrogens (tertiary/aromatic N) is 1. The van der Waals surface area contributed by atoms with Gasteiger partial charge in [-0.05, 0) is 6.92 Å². The molecule has 0 aliphatic heterocycles. The van der Waals surface area contributed by atoms with E-state index < -0.39 is 6.43 Å². The summed E-state index contributed by atoms with van der Waals surface area (Å²) in [7, 11) is 0. The van der Waals surface area contributed by atoms with Crippen LogP contribution in [0.15, 0.2) is 6.20 Å². The SMILES string of the molecule is Cc1c(C(F)F)cnc(N)c1O. The smallest absolute Gasteiger partial charge is 0.265 e. The molecule has 0 radical (unpaired) electrons. The van der Waals surface area contributed by atoms with Gasteiger partial charge in [0.15, 0.2) is 11.6 Å². The summed E-state index contributed by atoms with van der Waals surface area (Å²) in [6.07, 6.45) is -1.67. The van der Waals surface area contributed by atoms with Crippen molar-refractivity contribution in [3.63, 3.8) is 0 Å². The summed E-state index contributed by atoms with van der Waals surface area (Å²) in [6, 6.07) is 0. The molecule has 66 valence electrons. The second-order valence-electron chi connectivity index (χ2n) is 2.37. The molecule has 0 saturated heterocycles. The third kappa shape index (κ3) is 1.30. The van der Waals surface area contributed by atoms with Crippen LogP contribution in [0, 0.1) is 6.92 Å². The molecular weight excluding hydrogens is 166 g/mol. The topological polar surface area (TPSA) is 59.1 Å². The van der Waals surface area contributed by atoms with Crippen molar-refractivity contribution in [2.24, 2.45) is 0 Å². The van der Waals surface area contributed by atoms with Crippen LogP contribution in [0.5, 0.6) is 5.75 Å². The summed E-state index contributed by atoms with van der Waals surface area (Å²) in [4.78, 5) is 3.41. The lowest BCUT2D eigenvalue weighted by atomic mass is 10.1. The second kappa shape index (κ2) is 2.92. The number of anilines is 1. The molecule has 3 N–H and O–H groups in total. The lowest BCUT2D eigenvalue weighted by Gasteiger charge is -2.06. The largest absolute Gasteiger partial charge is 0.504 e. The maximum atomic E-state index is 12.1. The van der Waals surface area contributed by atoms with Gasteiger partial charge in [0.05, 0.1) is 0 Å². The average molecular weight is 174 g/mol. The zero-order valence-electron chi connectivity index (χ0n) is 6.38. The van der Waals surface area contributed by atoms with Gasteiger partial charge in [-0.3, -0.25) is 0 Å². The van der Waals surface area contributed by atoms with Gasteiger partial charge in [0.25, 0.3) is 6.43 Å². The highest BCUT2D eigenvalue weighted by Crippen LogP contribution is 2.30. The van der Waals surface area contributed by atoms with Crippen LogP contribution in [-0.2, 0) is 0 Å². The number of hydrogen-bond acceptors (Lipinski definition) is 3. The molecule has 0 amide bonds. The van der Waals surface area contributed by atoms with Crippen LogP contribution in [0.3, 0.4) is 0 Å². The van der Waals surface area contributed by atoms with Crippen LogP contribution in [0.2, 0.25) is 0 Å². The first kappa shape index (κ1) is 8.70. The predicted molar refractivity (Wildman–Crippen MR) is 40.0 cm³/mol. The number of aromatic hydroxyl groups is 1. The van der Waals surface area contributed by atoms with Gasteiger partial charge in [-0.15, -0.1) is 0 Å². The van der Waals surface area contributed by atoms with Crippen LogP contribution >= 0.6 is 0 Å². The van der Waals surface area contributed by atoms with Gasteiger partial charge in [-0.2, -0.15) is 0 Å². The molecule has 1 aromatic rings. The molecule has 0 unspecified atom stereocenters. The Kier molecular flexibility index (Phi) is 2.12. The van der Waals surface area contributed by atoms with Crippen molar-refractivity contribution >= 4 is 5.82 Å². The van der Waals surface area contributed by atoms with Gasteiger partial charge in [-0.25, -0.2) is 13.8 Å². The first-order chi connectivity index (χ1) is 5.54. The van der Waals surface area contributed by atoms with Crippen LogP contribution in [0.1, 0.15) is 17.6 Å². The van der Waals surface area contributed by atoms with Gasteiger partial charge in [0, 0.05) is 17.3 Å². The molecule has 5 heteroatoms. The zero-order chi connectivity index (χ0) is 9.30. The molecule has 0 aliphatic carbocycles. The minimum absolute atomic E-state index is 0.0810. The maximum Gasteiger partial charge on any atom is 0.265 e. The highest BCUT2D eigenvalue weighted by molar-refractivity contribution is 5.52. The Morgan fingerprint density at radius 1 is 1.58 bits per heavy atom. The number of nitrogens with two attached hydrogens (primary N) is 1. The van der Waals surface area contributed by atoms with Crippen molar-refractivity contribution in [2.75, 3.05) is 5.73 Å². The van der Waals surface area contributed by atoms with E-state index in [1.54, 1.807) is 0 Å². The van der Waals surface area contributed by atoms with Crippen molar-refractivity contribution in [1.82, 2.24) is 4.98 Å². The number of rotatable bonds is 1. The molecule has 0 aromatic carbocycles. The van der Waals surface area contributed by atoms with E-state index in [2.05, 4.69) is 4.98 Å². The number of alkyl halides is 2. The molecule has 0 bridgehead atoms. The van der Waals surface area contributed by atoms with Gasteiger partial charge in [0.1, 0.15) is 0 Å². The summed E-state index contributed by atoms with van der Waals surface area (Å²) < 4.78 is 24.3. The minimum Gasteiger partial charge on any atom is -0.504 e. The molecule has 0 aliphatic rings. The summed E-state index contributed by atoms with van der Waals surface area (Å²) in [5.74, 6) is -0.496. The first-order valence-electron chi connectivity index (χ1n) is 3.26. The Labute approximate surface area is 67.8 Å². The van der Waals surface area contributed by atoms with E-state index in [4.69, 9.17) is 10.8 Å². The Morgan fingerprint density at radius 3 is 2.67 bits per heavy atom. The fraction of sp³-hybridized carbons (Fsp3) is 0.286. The lowest BCUT2D eigenvalue weighted by molar-refractivity contribution is 0.149. The molecule has 0 saturated carbocycles. The van der Waals surface area contributed by atoms with Crippen molar-refractivity contribution in [2.45, 2.75) is 13.3 Å². The first-order valence-corrected chi connectivity index (χ1v) is 3.26. The van der Waals surface area contributed by atoms with Crippen molar-refractivity contribution in [1.29, 1.82) is 0 Å². The normalized spacial score (nSPS) is 10.7. The van der Waals surface area contributed by atoms with E-state index in [0.717, 1.165) is 6.20 Å². The number of hydrogen-bond donors (Lipinski definition) is 2. The van der Waals surface area contributed by atoms with Crippen LogP contribution in [-0.4, -0.2) is 10.1 Å². The highest BCUT2D eigenvalue weighted by atomic mass is 19.3. The van der Waals surface area contributed by atoms with Gasteiger partial charge >= 0.3 is 0 Å². The van der Waals surface area contributed by atoms with Crippen LogP contribution < -0.4 is 5.73 Å². The van der Waals surface area contributed by atoms with Crippen molar-refractivity contribution in [3.8, 4) is 5.75 Å². The van der Waals surface area contributed by atoms with Crippen molar-refractivity contribution < 1.29 is 13.9 Å². The standard InChI is InChI=1S/C7H8F2N2O/c1-3-4(6(8)9)2-11-7(10)5(3)12/h2,6,12H,1H3,(H2,10,11). The van der Waals surface area contributed by atoms with E-state index in [9.17, 15) is 8.78 Å². The Bertz CT molecular complexity index is 302. The summed E-state index contributed by atoms with van der Waals surface area (Å²) in [5, 5.41) is 9.12. The van der Waals surface area contributed by atoms with Gasteiger partial charge in [-0.1, -0.05) is 0 Å². The quantitative estimate of drug-likeness (QED) is 0.680. The summed E-state index contributed by atoms with van der Waals surface area (Å²) >= 11 is 0.